The Morgan fingerprint density at radius 2 is 2.42 bits per heavy atom. The summed E-state index contributed by atoms with van der Waals surface area (Å²) < 4.78 is 5.31. The van der Waals surface area contributed by atoms with Gasteiger partial charge in [-0.2, -0.15) is 0 Å². The van der Waals surface area contributed by atoms with Crippen LogP contribution in [-0.2, 0) is 4.74 Å². The third-order valence-corrected chi connectivity index (χ3v) is 2.58. The lowest BCUT2D eigenvalue weighted by atomic mass is 10.2. The van der Waals surface area contributed by atoms with Crippen LogP contribution in [0.1, 0.15) is 19.8 Å². The SMILES string of the molecule is CCC(N)CN(C)C1CCOC1. The van der Waals surface area contributed by atoms with Gasteiger partial charge in [-0.3, -0.25) is 4.90 Å². The van der Waals surface area contributed by atoms with Crippen LogP contribution in [0.25, 0.3) is 0 Å². The highest BCUT2D eigenvalue weighted by Crippen LogP contribution is 2.10. The fourth-order valence-corrected chi connectivity index (χ4v) is 1.52. The van der Waals surface area contributed by atoms with E-state index in [2.05, 4.69) is 18.9 Å². The van der Waals surface area contributed by atoms with Gasteiger partial charge in [0.15, 0.2) is 0 Å². The molecule has 0 aliphatic carbocycles. The van der Waals surface area contributed by atoms with Crippen LogP contribution in [0.4, 0.5) is 0 Å². The summed E-state index contributed by atoms with van der Waals surface area (Å²) in [5, 5.41) is 0. The number of hydrogen-bond acceptors (Lipinski definition) is 3. The normalized spacial score (nSPS) is 26.5. The molecule has 1 fully saturated rings. The van der Waals surface area contributed by atoms with Crippen molar-refractivity contribution in [2.75, 3.05) is 26.8 Å². The second kappa shape index (κ2) is 4.80. The fourth-order valence-electron chi connectivity index (χ4n) is 1.52. The van der Waals surface area contributed by atoms with Gasteiger partial charge in [0.1, 0.15) is 0 Å². The number of rotatable bonds is 4. The summed E-state index contributed by atoms with van der Waals surface area (Å²) in [6.45, 7) is 4.91. The Morgan fingerprint density at radius 3 is 2.92 bits per heavy atom. The molecule has 0 radical (unpaired) electrons. The first-order valence-electron chi connectivity index (χ1n) is 4.77. The van der Waals surface area contributed by atoms with Gasteiger partial charge in [0.25, 0.3) is 0 Å². The van der Waals surface area contributed by atoms with Crippen molar-refractivity contribution in [2.24, 2.45) is 5.73 Å². The van der Waals surface area contributed by atoms with Crippen LogP contribution in [-0.4, -0.2) is 43.8 Å². The largest absolute Gasteiger partial charge is 0.380 e. The molecule has 1 aliphatic heterocycles. The minimum absolute atomic E-state index is 0.315. The minimum atomic E-state index is 0.315. The molecule has 0 bridgehead atoms. The van der Waals surface area contributed by atoms with E-state index >= 15 is 0 Å². The zero-order valence-electron chi connectivity index (χ0n) is 8.12. The minimum Gasteiger partial charge on any atom is -0.380 e. The van der Waals surface area contributed by atoms with Crippen LogP contribution < -0.4 is 5.73 Å². The molecule has 2 atom stereocenters. The quantitative estimate of drug-likeness (QED) is 0.669. The first kappa shape index (κ1) is 9.96. The first-order chi connectivity index (χ1) is 5.74. The third kappa shape index (κ3) is 2.73. The van der Waals surface area contributed by atoms with Crippen LogP contribution in [0.5, 0.6) is 0 Å². The van der Waals surface area contributed by atoms with Crippen LogP contribution in [0.3, 0.4) is 0 Å². The van der Waals surface area contributed by atoms with Crippen molar-refractivity contribution < 1.29 is 4.74 Å². The van der Waals surface area contributed by atoms with Crippen LogP contribution in [0.2, 0.25) is 0 Å². The van der Waals surface area contributed by atoms with E-state index in [1.54, 1.807) is 0 Å². The van der Waals surface area contributed by atoms with E-state index in [0.717, 1.165) is 32.6 Å². The van der Waals surface area contributed by atoms with Gasteiger partial charge >= 0.3 is 0 Å². The molecule has 3 heteroatoms. The Morgan fingerprint density at radius 1 is 1.67 bits per heavy atom. The Labute approximate surface area is 74.9 Å². The van der Waals surface area contributed by atoms with Crippen molar-refractivity contribution in [2.45, 2.75) is 31.8 Å². The van der Waals surface area contributed by atoms with Gasteiger partial charge in [0, 0.05) is 25.2 Å². The highest BCUT2D eigenvalue weighted by Gasteiger charge is 2.20. The van der Waals surface area contributed by atoms with Crippen LogP contribution in [0.15, 0.2) is 0 Å². The van der Waals surface area contributed by atoms with Crippen molar-refractivity contribution >= 4 is 0 Å². The summed E-state index contributed by atoms with van der Waals surface area (Å²) in [7, 11) is 2.13. The van der Waals surface area contributed by atoms with Crippen molar-refractivity contribution in [3.63, 3.8) is 0 Å². The molecule has 72 valence electrons. The summed E-state index contributed by atoms with van der Waals surface area (Å²) in [5.74, 6) is 0. The number of nitrogens with two attached hydrogens (primary N) is 1. The van der Waals surface area contributed by atoms with Crippen molar-refractivity contribution in [1.82, 2.24) is 4.90 Å². The molecule has 0 aromatic heterocycles. The molecule has 3 nitrogen and oxygen atoms in total. The van der Waals surface area contributed by atoms with Gasteiger partial charge in [-0.05, 0) is 19.9 Å². The average molecular weight is 172 g/mol. The zero-order valence-corrected chi connectivity index (χ0v) is 8.12. The summed E-state index contributed by atoms with van der Waals surface area (Å²) >= 11 is 0. The lowest BCUT2D eigenvalue weighted by Gasteiger charge is -2.25. The summed E-state index contributed by atoms with van der Waals surface area (Å²) in [4.78, 5) is 2.32. The second-order valence-corrected chi connectivity index (χ2v) is 3.63. The number of hydrogen-bond donors (Lipinski definition) is 1. The fraction of sp³-hybridized carbons (Fsp3) is 1.00. The maximum Gasteiger partial charge on any atom is 0.0622 e. The van der Waals surface area contributed by atoms with Gasteiger partial charge in [0.2, 0.25) is 0 Å². The molecule has 2 N–H and O–H groups in total. The molecular formula is C9H20N2O. The molecule has 0 aromatic carbocycles. The number of ether oxygens (including phenoxy) is 1. The summed E-state index contributed by atoms with van der Waals surface area (Å²) in [6, 6.07) is 0.915. The van der Waals surface area contributed by atoms with Gasteiger partial charge in [0.05, 0.1) is 6.61 Å². The Balaban J connectivity index is 2.21. The van der Waals surface area contributed by atoms with E-state index in [9.17, 15) is 0 Å². The Kier molecular flexibility index (Phi) is 3.98. The smallest absolute Gasteiger partial charge is 0.0622 e. The van der Waals surface area contributed by atoms with Crippen LogP contribution >= 0.6 is 0 Å². The highest BCUT2D eigenvalue weighted by atomic mass is 16.5. The van der Waals surface area contributed by atoms with E-state index < -0.39 is 0 Å². The van der Waals surface area contributed by atoms with E-state index in [1.165, 1.54) is 0 Å². The van der Waals surface area contributed by atoms with Crippen molar-refractivity contribution in [3.05, 3.63) is 0 Å². The van der Waals surface area contributed by atoms with Crippen LogP contribution in [0, 0.1) is 0 Å². The Bertz CT molecular complexity index is 124. The number of likely N-dealkylation sites (N-methyl/N-ethyl adjacent to an activating group) is 1. The molecule has 1 aliphatic rings. The predicted octanol–water partition coefficient (Wildman–Crippen LogP) is 0.444. The topological polar surface area (TPSA) is 38.5 Å². The first-order valence-corrected chi connectivity index (χ1v) is 4.77. The van der Waals surface area contributed by atoms with Gasteiger partial charge in [-0.1, -0.05) is 6.92 Å². The molecule has 0 aromatic rings. The van der Waals surface area contributed by atoms with Gasteiger partial charge < -0.3 is 10.5 Å². The molecule has 0 amide bonds. The third-order valence-electron chi connectivity index (χ3n) is 2.58. The van der Waals surface area contributed by atoms with E-state index in [4.69, 9.17) is 10.5 Å². The van der Waals surface area contributed by atoms with E-state index in [0.29, 0.717) is 12.1 Å². The maximum absolute atomic E-state index is 5.86. The van der Waals surface area contributed by atoms with Gasteiger partial charge in [-0.15, -0.1) is 0 Å². The van der Waals surface area contributed by atoms with E-state index in [-0.39, 0.29) is 0 Å². The molecule has 2 unspecified atom stereocenters. The van der Waals surface area contributed by atoms with Crippen molar-refractivity contribution in [3.8, 4) is 0 Å². The molecule has 1 rings (SSSR count). The predicted molar refractivity (Wildman–Crippen MR) is 50.1 cm³/mol. The monoisotopic (exact) mass is 172 g/mol. The molecule has 0 spiro atoms. The molecule has 1 heterocycles. The zero-order chi connectivity index (χ0) is 8.97. The second-order valence-electron chi connectivity index (χ2n) is 3.63. The lowest BCUT2D eigenvalue weighted by Crippen LogP contribution is -2.41. The standard InChI is InChI=1S/C9H20N2O/c1-3-8(10)6-11(2)9-4-5-12-7-9/h8-9H,3-7,10H2,1-2H3. The number of nitrogens with zero attached hydrogens (tertiary/aromatic N) is 1. The molecular weight excluding hydrogens is 152 g/mol. The lowest BCUT2D eigenvalue weighted by molar-refractivity contribution is 0.155. The Hall–Kier alpha value is -0.120. The van der Waals surface area contributed by atoms with E-state index in [1.807, 2.05) is 0 Å². The molecule has 12 heavy (non-hydrogen) atoms. The average Bonchev–Trinajstić information content (AvgIpc) is 2.56. The summed E-state index contributed by atoms with van der Waals surface area (Å²) in [6.07, 6.45) is 2.21. The van der Waals surface area contributed by atoms with Crippen molar-refractivity contribution in [1.29, 1.82) is 0 Å². The van der Waals surface area contributed by atoms with Gasteiger partial charge in [-0.25, -0.2) is 0 Å². The molecule has 1 saturated heterocycles. The maximum atomic E-state index is 5.86. The molecule has 0 saturated carbocycles. The summed E-state index contributed by atoms with van der Waals surface area (Å²) in [5.41, 5.74) is 5.86. The highest BCUT2D eigenvalue weighted by molar-refractivity contribution is 4.75.